The molecule has 188 valence electrons. The van der Waals surface area contributed by atoms with E-state index in [4.69, 9.17) is 9.47 Å². The van der Waals surface area contributed by atoms with Gasteiger partial charge >= 0.3 is 12.2 Å². The first-order valence-corrected chi connectivity index (χ1v) is 12.0. The number of benzene rings is 1. The van der Waals surface area contributed by atoms with Crippen molar-refractivity contribution in [2.75, 3.05) is 13.1 Å². The lowest BCUT2D eigenvalue weighted by Crippen LogP contribution is -2.56. The van der Waals surface area contributed by atoms with E-state index in [1.54, 1.807) is 4.90 Å². The van der Waals surface area contributed by atoms with Crippen molar-refractivity contribution in [2.45, 2.75) is 96.7 Å². The van der Waals surface area contributed by atoms with Crippen LogP contribution in [0.15, 0.2) is 24.3 Å². The zero-order chi connectivity index (χ0) is 25.3. The van der Waals surface area contributed by atoms with Gasteiger partial charge in [0.2, 0.25) is 0 Å². The number of carbonyl (C=O) groups is 3. The van der Waals surface area contributed by atoms with Crippen LogP contribution in [0.3, 0.4) is 0 Å². The Labute approximate surface area is 202 Å². The Morgan fingerprint density at radius 2 is 1.71 bits per heavy atom. The molecule has 0 aliphatic carbocycles. The molecule has 3 unspecified atom stereocenters. The molecule has 8 nitrogen and oxygen atoms in total. The van der Waals surface area contributed by atoms with Gasteiger partial charge in [0, 0.05) is 25.7 Å². The molecule has 2 amide bonds. The minimum Gasteiger partial charge on any atom is -0.444 e. The first kappa shape index (κ1) is 26.0. The molecule has 1 fully saturated rings. The second kappa shape index (κ2) is 9.56. The average Bonchev–Trinajstić information content (AvgIpc) is 3.08. The topological polar surface area (TPSA) is 88.2 Å². The van der Waals surface area contributed by atoms with E-state index in [0.717, 1.165) is 6.29 Å². The van der Waals surface area contributed by atoms with E-state index < -0.39 is 28.9 Å². The summed E-state index contributed by atoms with van der Waals surface area (Å²) in [5, 5.41) is 2.90. The number of hydrogen-bond acceptors (Lipinski definition) is 6. The first-order chi connectivity index (χ1) is 15.7. The lowest BCUT2D eigenvalue weighted by atomic mass is 9.84. The molecule has 0 aromatic heterocycles. The average molecular weight is 474 g/mol. The Balaban J connectivity index is 1.80. The van der Waals surface area contributed by atoms with Gasteiger partial charge in [0.05, 0.1) is 11.6 Å². The molecule has 2 aliphatic rings. The SMILES string of the molecule is CC(C)(C)OC(=O)NC1CC(CN2Cc3ccccc3CC2(C)C=O)N(C(=O)OC(C)(C)C)C1. The number of ether oxygens (including phenoxy) is 2. The lowest BCUT2D eigenvalue weighted by molar-refractivity contribution is -0.119. The molecule has 1 aromatic rings. The largest absolute Gasteiger partial charge is 0.444 e. The Hall–Kier alpha value is -2.61. The van der Waals surface area contributed by atoms with Crippen LogP contribution in [0.4, 0.5) is 9.59 Å². The summed E-state index contributed by atoms with van der Waals surface area (Å²) in [6, 6.07) is 7.65. The predicted molar refractivity (Wildman–Crippen MR) is 130 cm³/mol. The van der Waals surface area contributed by atoms with Gasteiger partial charge in [-0.2, -0.15) is 0 Å². The van der Waals surface area contributed by atoms with Crippen LogP contribution in [-0.4, -0.2) is 70.2 Å². The highest BCUT2D eigenvalue weighted by molar-refractivity contribution is 5.71. The fraction of sp³-hybridized carbons (Fsp3) is 0.654. The van der Waals surface area contributed by atoms with Gasteiger partial charge in [0.15, 0.2) is 0 Å². The number of amides is 2. The maximum atomic E-state index is 13.1. The number of nitrogens with one attached hydrogen (secondary N) is 1. The van der Waals surface area contributed by atoms with Gasteiger partial charge < -0.3 is 24.5 Å². The van der Waals surface area contributed by atoms with Gasteiger partial charge in [-0.1, -0.05) is 24.3 Å². The standard InChI is InChI=1S/C26H39N3O5/c1-24(2,3)33-22(31)27-20-12-21(29(15-20)23(32)34-25(4,5)6)16-28-14-19-11-9-8-10-18(19)13-26(28,7)17-30/h8-11,17,20-21H,12-16H2,1-7H3,(H,27,31). The van der Waals surface area contributed by atoms with E-state index in [9.17, 15) is 14.4 Å². The minimum absolute atomic E-state index is 0.223. The van der Waals surface area contributed by atoms with E-state index in [2.05, 4.69) is 22.3 Å². The number of carbonyl (C=O) groups excluding carboxylic acids is 3. The number of aldehydes is 1. The van der Waals surface area contributed by atoms with Crippen molar-refractivity contribution in [2.24, 2.45) is 0 Å². The van der Waals surface area contributed by atoms with Crippen molar-refractivity contribution in [3.63, 3.8) is 0 Å². The first-order valence-electron chi connectivity index (χ1n) is 12.0. The predicted octanol–water partition coefficient (Wildman–Crippen LogP) is 3.91. The summed E-state index contributed by atoms with van der Waals surface area (Å²) in [5.41, 5.74) is 0.435. The molecule has 1 N–H and O–H groups in total. The summed E-state index contributed by atoms with van der Waals surface area (Å²) in [7, 11) is 0. The molecular weight excluding hydrogens is 434 g/mol. The molecule has 0 spiro atoms. The second-order valence-electron chi connectivity index (χ2n) is 11.7. The molecule has 1 saturated heterocycles. The highest BCUT2D eigenvalue weighted by Crippen LogP contribution is 2.32. The molecule has 2 aliphatic heterocycles. The van der Waals surface area contributed by atoms with Gasteiger partial charge in [-0.05, 0) is 72.4 Å². The number of nitrogens with zero attached hydrogens (tertiary/aromatic N) is 2. The second-order valence-corrected chi connectivity index (χ2v) is 11.7. The van der Waals surface area contributed by atoms with Crippen LogP contribution in [0.1, 0.15) is 66.0 Å². The van der Waals surface area contributed by atoms with Gasteiger partial charge in [-0.15, -0.1) is 0 Å². The summed E-state index contributed by atoms with van der Waals surface area (Å²) in [6.45, 7) is 14.3. The highest BCUT2D eigenvalue weighted by atomic mass is 16.6. The molecule has 0 radical (unpaired) electrons. The van der Waals surface area contributed by atoms with Gasteiger partial charge in [-0.3, -0.25) is 4.90 Å². The van der Waals surface area contributed by atoms with Crippen LogP contribution in [0.2, 0.25) is 0 Å². The minimum atomic E-state index is -0.676. The molecule has 0 saturated carbocycles. The number of hydrogen-bond donors (Lipinski definition) is 1. The Morgan fingerprint density at radius 1 is 1.09 bits per heavy atom. The maximum Gasteiger partial charge on any atom is 0.410 e. The third-order valence-corrected chi connectivity index (χ3v) is 6.20. The quantitative estimate of drug-likeness (QED) is 0.667. The summed E-state index contributed by atoms with van der Waals surface area (Å²) >= 11 is 0. The fourth-order valence-electron chi connectivity index (χ4n) is 4.62. The van der Waals surface area contributed by atoms with Crippen molar-refractivity contribution < 1.29 is 23.9 Å². The molecule has 1 aromatic carbocycles. The molecule has 0 bridgehead atoms. The molecule has 8 heteroatoms. The maximum absolute atomic E-state index is 13.1. The summed E-state index contributed by atoms with van der Waals surface area (Å²) in [6.07, 6.45) is 1.24. The monoisotopic (exact) mass is 473 g/mol. The van der Waals surface area contributed by atoms with E-state index in [-0.39, 0.29) is 12.1 Å². The van der Waals surface area contributed by atoms with Crippen molar-refractivity contribution in [1.29, 1.82) is 0 Å². The smallest absolute Gasteiger partial charge is 0.410 e. The highest BCUT2D eigenvalue weighted by Gasteiger charge is 2.43. The van der Waals surface area contributed by atoms with E-state index in [1.807, 2.05) is 60.6 Å². The fourth-order valence-corrected chi connectivity index (χ4v) is 4.62. The van der Waals surface area contributed by atoms with Crippen molar-refractivity contribution in [3.05, 3.63) is 35.4 Å². The van der Waals surface area contributed by atoms with Gasteiger partial charge in [0.25, 0.3) is 0 Å². The zero-order valence-electron chi connectivity index (χ0n) is 21.5. The Bertz CT molecular complexity index is 920. The van der Waals surface area contributed by atoms with E-state index in [1.165, 1.54) is 11.1 Å². The zero-order valence-corrected chi connectivity index (χ0v) is 21.5. The molecular formula is C26H39N3O5. The Morgan fingerprint density at radius 3 is 2.29 bits per heavy atom. The Kier molecular flexibility index (Phi) is 7.31. The molecule has 2 heterocycles. The van der Waals surface area contributed by atoms with Gasteiger partial charge in [0.1, 0.15) is 17.5 Å². The third kappa shape index (κ3) is 6.50. The van der Waals surface area contributed by atoms with Crippen LogP contribution in [0, 0.1) is 0 Å². The summed E-state index contributed by atoms with van der Waals surface area (Å²) in [4.78, 5) is 41.5. The van der Waals surface area contributed by atoms with E-state index in [0.29, 0.717) is 32.5 Å². The summed E-state index contributed by atoms with van der Waals surface area (Å²) in [5.74, 6) is 0. The van der Waals surface area contributed by atoms with E-state index >= 15 is 0 Å². The number of alkyl carbamates (subject to hydrolysis) is 1. The lowest BCUT2D eigenvalue weighted by Gasteiger charge is -2.44. The van der Waals surface area contributed by atoms with Crippen molar-refractivity contribution in [3.8, 4) is 0 Å². The van der Waals surface area contributed by atoms with Crippen molar-refractivity contribution in [1.82, 2.24) is 15.1 Å². The van der Waals surface area contributed by atoms with Crippen LogP contribution in [0.25, 0.3) is 0 Å². The number of fused-ring (bicyclic) bond motifs is 1. The molecule has 3 rings (SSSR count). The van der Waals surface area contributed by atoms with Crippen LogP contribution in [-0.2, 0) is 27.2 Å². The summed E-state index contributed by atoms with van der Waals surface area (Å²) < 4.78 is 11.1. The number of likely N-dealkylation sites (tertiary alicyclic amines) is 1. The van der Waals surface area contributed by atoms with Crippen LogP contribution < -0.4 is 5.32 Å². The molecule has 34 heavy (non-hydrogen) atoms. The normalized spacial score (nSPS) is 25.4. The van der Waals surface area contributed by atoms with Crippen molar-refractivity contribution >= 4 is 18.5 Å². The van der Waals surface area contributed by atoms with Crippen LogP contribution in [0.5, 0.6) is 0 Å². The molecule has 3 atom stereocenters. The number of rotatable bonds is 4. The van der Waals surface area contributed by atoms with Gasteiger partial charge in [-0.25, -0.2) is 9.59 Å². The van der Waals surface area contributed by atoms with Crippen LogP contribution >= 0.6 is 0 Å². The third-order valence-electron chi connectivity index (χ3n) is 6.20.